The van der Waals surface area contributed by atoms with Gasteiger partial charge in [0.15, 0.2) is 5.69 Å². The van der Waals surface area contributed by atoms with Crippen LogP contribution in [0.5, 0.6) is 5.75 Å². The number of hydrogen-bond donors (Lipinski definition) is 3. The molecule has 0 bridgehead atoms. The fraction of sp³-hybridized carbons (Fsp3) is 0.625. The van der Waals surface area contributed by atoms with Gasteiger partial charge in [0.05, 0.1) is 26.9 Å². The van der Waals surface area contributed by atoms with E-state index >= 15 is 0 Å². The maximum atomic E-state index is 12.1. The average Bonchev–Trinajstić information content (AvgIpc) is 2.68. The molecule has 1 aromatic rings. The Hall–Kier alpha value is -2.66. The fourth-order valence-corrected chi connectivity index (χ4v) is 2.89. The van der Waals surface area contributed by atoms with Crippen molar-refractivity contribution in [3.63, 3.8) is 0 Å². The molecule has 0 atom stereocenters. The molecule has 0 spiro atoms. The van der Waals surface area contributed by atoms with Crippen LogP contribution in [-0.2, 0) is 19.8 Å². The second-order valence-electron chi connectivity index (χ2n) is 5.86. The van der Waals surface area contributed by atoms with E-state index in [0.29, 0.717) is 0 Å². The van der Waals surface area contributed by atoms with Crippen LogP contribution in [0.15, 0.2) is 4.79 Å². The summed E-state index contributed by atoms with van der Waals surface area (Å²) in [5, 5.41) is 19.0. The second kappa shape index (κ2) is 8.82. The Balaban J connectivity index is 2.41. The van der Waals surface area contributed by atoms with Gasteiger partial charge in [-0.25, -0.2) is 14.6 Å². The van der Waals surface area contributed by atoms with Crippen LogP contribution in [0.25, 0.3) is 0 Å². The molecule has 0 saturated carbocycles. The third-order valence-electron chi connectivity index (χ3n) is 4.27. The summed E-state index contributed by atoms with van der Waals surface area (Å²) >= 11 is 0. The Bertz CT molecular complexity index is 740. The number of esters is 1. The van der Waals surface area contributed by atoms with Gasteiger partial charge in [0, 0.05) is 25.9 Å². The summed E-state index contributed by atoms with van der Waals surface area (Å²) in [4.78, 5) is 43.8. The summed E-state index contributed by atoms with van der Waals surface area (Å²) < 4.78 is 15.3. The van der Waals surface area contributed by atoms with E-state index in [1.807, 2.05) is 0 Å². The zero-order valence-corrected chi connectivity index (χ0v) is 15.2. The number of aromatic hydroxyl groups is 1. The van der Waals surface area contributed by atoms with E-state index in [0.717, 1.165) is 0 Å². The highest BCUT2D eigenvalue weighted by Gasteiger charge is 2.42. The molecule has 11 nitrogen and oxygen atoms in total. The van der Waals surface area contributed by atoms with Gasteiger partial charge in [-0.1, -0.05) is 0 Å². The number of methoxy groups -OCH3 is 1. The summed E-state index contributed by atoms with van der Waals surface area (Å²) in [6, 6.07) is 0. The first-order valence-corrected chi connectivity index (χ1v) is 8.47. The van der Waals surface area contributed by atoms with Crippen molar-refractivity contribution in [1.82, 2.24) is 14.9 Å². The van der Waals surface area contributed by atoms with Gasteiger partial charge >= 0.3 is 12.1 Å². The molecule has 11 heteroatoms. The lowest BCUT2D eigenvalue weighted by molar-refractivity contribution is -0.101. The predicted octanol–water partition coefficient (Wildman–Crippen LogP) is -0.281. The van der Waals surface area contributed by atoms with Crippen LogP contribution in [0.4, 0.5) is 4.79 Å². The third-order valence-corrected chi connectivity index (χ3v) is 4.27. The van der Waals surface area contributed by atoms with Crippen molar-refractivity contribution in [2.75, 3.05) is 40.0 Å². The first-order chi connectivity index (χ1) is 12.9. The van der Waals surface area contributed by atoms with Gasteiger partial charge in [-0.2, -0.15) is 0 Å². The van der Waals surface area contributed by atoms with Crippen LogP contribution in [0.2, 0.25) is 0 Å². The number of piperidine rings is 1. The van der Waals surface area contributed by atoms with E-state index in [4.69, 9.17) is 19.3 Å². The van der Waals surface area contributed by atoms with Gasteiger partial charge in [0.2, 0.25) is 5.75 Å². The van der Waals surface area contributed by atoms with Crippen molar-refractivity contribution >= 4 is 12.1 Å². The van der Waals surface area contributed by atoms with Crippen LogP contribution in [-0.4, -0.2) is 77.2 Å². The monoisotopic (exact) mass is 385 g/mol. The van der Waals surface area contributed by atoms with E-state index in [1.54, 1.807) is 6.92 Å². The second-order valence-corrected chi connectivity index (χ2v) is 5.86. The number of H-pyrrole nitrogens is 1. The molecular formula is C16H23N3O8. The van der Waals surface area contributed by atoms with Crippen LogP contribution >= 0.6 is 0 Å². The van der Waals surface area contributed by atoms with Crippen molar-refractivity contribution in [3.05, 3.63) is 21.9 Å². The normalized spacial score (nSPS) is 16.0. The third kappa shape index (κ3) is 4.37. The molecule has 3 N–H and O–H groups in total. The molecule has 2 heterocycles. The number of nitrogens with zero attached hydrogens (tertiary/aromatic N) is 2. The molecular weight excluding hydrogens is 362 g/mol. The number of ether oxygens (including phenoxy) is 3. The molecule has 1 aromatic heterocycles. The van der Waals surface area contributed by atoms with Gasteiger partial charge in [0.25, 0.3) is 5.56 Å². The summed E-state index contributed by atoms with van der Waals surface area (Å²) in [6.07, 6.45) is -0.0268. The number of hydrogen-bond acceptors (Lipinski definition) is 9. The Morgan fingerprint density at radius 1 is 1.33 bits per heavy atom. The zero-order valence-electron chi connectivity index (χ0n) is 15.2. The van der Waals surface area contributed by atoms with Crippen molar-refractivity contribution in [2.45, 2.75) is 25.4 Å². The number of aliphatic hydroxyl groups excluding tert-OH is 1. The highest BCUT2D eigenvalue weighted by Crippen LogP contribution is 2.35. The minimum Gasteiger partial charge on any atom is -0.501 e. The van der Waals surface area contributed by atoms with E-state index in [-0.39, 0.29) is 51.6 Å². The smallest absolute Gasteiger partial charge is 0.409 e. The standard InChI is InChI=1S/C16H23N3O8/c1-3-26-13(23)10-11(21)12(22)18-14(17-10)16(27-9-8-20)4-6-19(7-5-16)15(24)25-2/h20-21H,3-9H2,1-2H3,(H,17,18,22). The summed E-state index contributed by atoms with van der Waals surface area (Å²) in [7, 11) is 1.27. The quantitative estimate of drug-likeness (QED) is 0.561. The molecule has 1 fully saturated rings. The van der Waals surface area contributed by atoms with E-state index in [2.05, 4.69) is 9.97 Å². The molecule has 1 aliphatic rings. The Morgan fingerprint density at radius 2 is 2.00 bits per heavy atom. The molecule has 0 unspecified atom stereocenters. The van der Waals surface area contributed by atoms with Gasteiger partial charge in [-0.15, -0.1) is 0 Å². The summed E-state index contributed by atoms with van der Waals surface area (Å²) in [5.41, 5.74) is -2.58. The Labute approximate surface area is 154 Å². The van der Waals surface area contributed by atoms with Gasteiger partial charge < -0.3 is 34.3 Å². The number of nitrogens with one attached hydrogen (secondary N) is 1. The average molecular weight is 385 g/mol. The molecule has 1 saturated heterocycles. The molecule has 1 amide bonds. The largest absolute Gasteiger partial charge is 0.501 e. The lowest BCUT2D eigenvalue weighted by Gasteiger charge is -2.40. The maximum absolute atomic E-state index is 12.1. The number of carbonyl (C=O) groups is 2. The van der Waals surface area contributed by atoms with Crippen molar-refractivity contribution in [1.29, 1.82) is 0 Å². The fourth-order valence-electron chi connectivity index (χ4n) is 2.89. The SMILES string of the molecule is CCOC(=O)c1nc(C2(OCCO)CCN(C(=O)OC)CC2)[nH]c(=O)c1O. The van der Waals surface area contributed by atoms with Crippen molar-refractivity contribution < 1.29 is 34.0 Å². The maximum Gasteiger partial charge on any atom is 0.409 e. The molecule has 0 radical (unpaired) electrons. The molecule has 0 aliphatic carbocycles. The van der Waals surface area contributed by atoms with Crippen LogP contribution in [0, 0.1) is 0 Å². The van der Waals surface area contributed by atoms with Gasteiger partial charge in [-0.3, -0.25) is 4.79 Å². The number of rotatable bonds is 6. The van der Waals surface area contributed by atoms with Gasteiger partial charge in [0.1, 0.15) is 11.4 Å². The topological polar surface area (TPSA) is 151 Å². The van der Waals surface area contributed by atoms with Crippen molar-refractivity contribution in [3.8, 4) is 5.75 Å². The van der Waals surface area contributed by atoms with Crippen LogP contribution < -0.4 is 5.56 Å². The summed E-state index contributed by atoms with van der Waals surface area (Å²) in [6.45, 7) is 1.81. The number of likely N-dealkylation sites (tertiary alicyclic amines) is 1. The van der Waals surface area contributed by atoms with E-state index < -0.39 is 34.7 Å². The number of amides is 1. The number of carbonyl (C=O) groups excluding carboxylic acids is 2. The molecule has 0 aromatic carbocycles. The molecule has 27 heavy (non-hydrogen) atoms. The number of aliphatic hydroxyl groups is 1. The van der Waals surface area contributed by atoms with Crippen LogP contribution in [0.1, 0.15) is 36.1 Å². The van der Waals surface area contributed by atoms with Gasteiger partial charge in [-0.05, 0) is 6.92 Å². The highest BCUT2D eigenvalue weighted by molar-refractivity contribution is 5.89. The Kier molecular flexibility index (Phi) is 6.75. The first kappa shape index (κ1) is 20.6. The first-order valence-electron chi connectivity index (χ1n) is 8.47. The zero-order chi connectivity index (χ0) is 20.0. The molecule has 150 valence electrons. The Morgan fingerprint density at radius 3 is 2.56 bits per heavy atom. The predicted molar refractivity (Wildman–Crippen MR) is 90.4 cm³/mol. The van der Waals surface area contributed by atoms with E-state index in [9.17, 15) is 19.5 Å². The number of aromatic amines is 1. The summed E-state index contributed by atoms with van der Waals surface area (Å²) in [5.74, 6) is -1.76. The van der Waals surface area contributed by atoms with Crippen LogP contribution in [0.3, 0.4) is 0 Å². The van der Waals surface area contributed by atoms with Crippen molar-refractivity contribution in [2.24, 2.45) is 0 Å². The lowest BCUT2D eigenvalue weighted by Crippen LogP contribution is -2.48. The lowest BCUT2D eigenvalue weighted by atomic mass is 9.90. The minimum absolute atomic E-state index is 0.0197. The minimum atomic E-state index is -1.15. The molecule has 1 aliphatic heterocycles. The van der Waals surface area contributed by atoms with E-state index in [1.165, 1.54) is 12.0 Å². The number of aromatic nitrogens is 2. The molecule has 2 rings (SSSR count). The highest BCUT2D eigenvalue weighted by atomic mass is 16.5.